The van der Waals surface area contributed by atoms with Crippen LogP contribution in [0.15, 0.2) is 24.3 Å². The zero-order chi connectivity index (χ0) is 12.8. The number of nitro groups is 1. The van der Waals surface area contributed by atoms with Gasteiger partial charge in [0, 0.05) is 19.2 Å². The van der Waals surface area contributed by atoms with Crippen molar-refractivity contribution in [1.82, 2.24) is 0 Å². The summed E-state index contributed by atoms with van der Waals surface area (Å²) < 4.78 is 4.42. The van der Waals surface area contributed by atoms with Crippen molar-refractivity contribution in [3.8, 4) is 0 Å². The van der Waals surface area contributed by atoms with Crippen LogP contribution in [-0.2, 0) is 9.53 Å². The average Bonchev–Trinajstić information content (AvgIpc) is 2.35. The van der Waals surface area contributed by atoms with Crippen LogP contribution >= 0.6 is 0 Å². The molecule has 0 radical (unpaired) electrons. The zero-order valence-electron chi connectivity index (χ0n) is 9.47. The summed E-state index contributed by atoms with van der Waals surface area (Å²) in [6, 6.07) is 4.62. The number of methoxy groups -OCH3 is 1. The van der Waals surface area contributed by atoms with Crippen molar-refractivity contribution in [3.63, 3.8) is 0 Å². The van der Waals surface area contributed by atoms with Gasteiger partial charge in [-0.2, -0.15) is 0 Å². The van der Waals surface area contributed by atoms with Crippen LogP contribution < -0.4 is 5.32 Å². The maximum atomic E-state index is 10.9. The van der Waals surface area contributed by atoms with Gasteiger partial charge in [0.05, 0.1) is 12.0 Å². The predicted molar refractivity (Wildman–Crippen MR) is 63.7 cm³/mol. The van der Waals surface area contributed by atoms with E-state index in [0.29, 0.717) is 11.3 Å². The second-order valence-electron chi connectivity index (χ2n) is 3.14. The Morgan fingerprint density at radius 3 is 2.76 bits per heavy atom. The van der Waals surface area contributed by atoms with Crippen molar-refractivity contribution in [2.45, 2.75) is 0 Å². The zero-order valence-corrected chi connectivity index (χ0v) is 9.47. The first-order valence-electron chi connectivity index (χ1n) is 4.80. The molecular formula is C11H12N2O4. The first kappa shape index (κ1) is 12.7. The summed E-state index contributed by atoms with van der Waals surface area (Å²) in [5, 5.41) is 13.5. The van der Waals surface area contributed by atoms with Crippen molar-refractivity contribution >= 4 is 23.4 Å². The van der Waals surface area contributed by atoms with E-state index in [-0.39, 0.29) is 5.69 Å². The minimum Gasteiger partial charge on any atom is -0.466 e. The number of carbonyl (C=O) groups excluding carboxylic acids is 1. The Morgan fingerprint density at radius 1 is 1.53 bits per heavy atom. The Bertz CT molecular complexity index is 469. The molecule has 6 nitrogen and oxygen atoms in total. The molecule has 1 aromatic rings. The number of nitrogens with one attached hydrogen (secondary N) is 1. The minimum atomic E-state index is -0.509. The molecule has 1 N–H and O–H groups in total. The van der Waals surface area contributed by atoms with Crippen molar-refractivity contribution in [3.05, 3.63) is 40.0 Å². The summed E-state index contributed by atoms with van der Waals surface area (Å²) in [4.78, 5) is 21.2. The van der Waals surface area contributed by atoms with E-state index in [2.05, 4.69) is 10.1 Å². The lowest BCUT2D eigenvalue weighted by molar-refractivity contribution is -0.384. The number of esters is 1. The second-order valence-corrected chi connectivity index (χ2v) is 3.14. The van der Waals surface area contributed by atoms with E-state index in [0.717, 1.165) is 0 Å². The molecule has 1 aromatic carbocycles. The van der Waals surface area contributed by atoms with Crippen LogP contribution in [0.5, 0.6) is 0 Å². The van der Waals surface area contributed by atoms with Crippen molar-refractivity contribution in [2.75, 3.05) is 19.5 Å². The Morgan fingerprint density at radius 2 is 2.24 bits per heavy atom. The van der Waals surface area contributed by atoms with Crippen LogP contribution in [0, 0.1) is 10.1 Å². The largest absolute Gasteiger partial charge is 0.466 e. The second kappa shape index (κ2) is 5.64. The Labute approximate surface area is 98.0 Å². The molecule has 17 heavy (non-hydrogen) atoms. The van der Waals surface area contributed by atoms with Gasteiger partial charge in [-0.1, -0.05) is 6.07 Å². The topological polar surface area (TPSA) is 81.5 Å². The third kappa shape index (κ3) is 3.30. The maximum Gasteiger partial charge on any atom is 0.330 e. The predicted octanol–water partition coefficient (Wildman–Crippen LogP) is 1.82. The normalized spacial score (nSPS) is 10.2. The summed E-state index contributed by atoms with van der Waals surface area (Å²) in [6.45, 7) is 0. The number of hydrogen-bond acceptors (Lipinski definition) is 5. The monoisotopic (exact) mass is 236 g/mol. The fourth-order valence-corrected chi connectivity index (χ4v) is 1.25. The molecule has 0 spiro atoms. The van der Waals surface area contributed by atoms with Crippen LogP contribution in [-0.4, -0.2) is 25.1 Å². The standard InChI is InChI=1S/C11H12N2O4/c1-12-9-5-3-8(4-6-11(14)17-2)7-10(9)13(15)16/h3-7,12H,1-2H3/b6-4+. The summed E-state index contributed by atoms with van der Waals surface area (Å²) in [7, 11) is 2.87. The summed E-state index contributed by atoms with van der Waals surface area (Å²) in [5.41, 5.74) is 0.936. The molecule has 0 atom stereocenters. The van der Waals surface area contributed by atoms with Crippen LogP contribution in [0.1, 0.15) is 5.56 Å². The number of anilines is 1. The van der Waals surface area contributed by atoms with E-state index >= 15 is 0 Å². The quantitative estimate of drug-likeness (QED) is 0.373. The first-order valence-corrected chi connectivity index (χ1v) is 4.80. The van der Waals surface area contributed by atoms with Gasteiger partial charge in [0.15, 0.2) is 0 Å². The highest BCUT2D eigenvalue weighted by Crippen LogP contribution is 2.25. The van der Waals surface area contributed by atoms with Gasteiger partial charge in [0.1, 0.15) is 5.69 Å². The van der Waals surface area contributed by atoms with Crippen LogP contribution in [0.2, 0.25) is 0 Å². The van der Waals surface area contributed by atoms with Crippen molar-refractivity contribution in [2.24, 2.45) is 0 Å². The molecule has 0 saturated carbocycles. The van der Waals surface area contributed by atoms with E-state index in [1.807, 2.05) is 0 Å². The number of ether oxygens (including phenoxy) is 1. The lowest BCUT2D eigenvalue weighted by atomic mass is 10.1. The fourth-order valence-electron chi connectivity index (χ4n) is 1.25. The van der Waals surface area contributed by atoms with E-state index in [1.165, 1.54) is 25.3 Å². The lowest BCUT2D eigenvalue weighted by Gasteiger charge is -2.02. The Hall–Kier alpha value is -2.37. The summed E-state index contributed by atoms with van der Waals surface area (Å²) in [5.74, 6) is -0.509. The summed E-state index contributed by atoms with van der Waals surface area (Å²) >= 11 is 0. The average molecular weight is 236 g/mol. The molecule has 0 unspecified atom stereocenters. The first-order chi connectivity index (χ1) is 8.08. The van der Waals surface area contributed by atoms with E-state index < -0.39 is 10.9 Å². The Balaban J connectivity index is 3.04. The third-order valence-corrected chi connectivity index (χ3v) is 2.10. The SMILES string of the molecule is CNc1ccc(/C=C/C(=O)OC)cc1[N+](=O)[O-]. The fraction of sp³-hybridized carbons (Fsp3) is 0.182. The molecule has 0 aliphatic carbocycles. The lowest BCUT2D eigenvalue weighted by Crippen LogP contribution is -1.97. The molecule has 0 saturated heterocycles. The Kier molecular flexibility index (Phi) is 4.21. The molecule has 0 heterocycles. The van der Waals surface area contributed by atoms with Gasteiger partial charge in [-0.25, -0.2) is 4.79 Å². The van der Waals surface area contributed by atoms with Gasteiger partial charge in [-0.05, 0) is 17.7 Å². The van der Waals surface area contributed by atoms with Crippen LogP contribution in [0.4, 0.5) is 11.4 Å². The highest BCUT2D eigenvalue weighted by atomic mass is 16.6. The van der Waals surface area contributed by atoms with Crippen molar-refractivity contribution in [1.29, 1.82) is 0 Å². The number of hydrogen-bond donors (Lipinski definition) is 1. The number of carbonyl (C=O) groups is 1. The molecule has 0 aliphatic heterocycles. The highest BCUT2D eigenvalue weighted by Gasteiger charge is 2.12. The number of nitro benzene ring substituents is 1. The van der Waals surface area contributed by atoms with E-state index in [4.69, 9.17) is 0 Å². The van der Waals surface area contributed by atoms with Gasteiger partial charge in [-0.15, -0.1) is 0 Å². The van der Waals surface area contributed by atoms with Gasteiger partial charge in [-0.3, -0.25) is 10.1 Å². The number of rotatable bonds is 4. The molecule has 90 valence electrons. The smallest absolute Gasteiger partial charge is 0.330 e. The minimum absolute atomic E-state index is 0.0421. The van der Waals surface area contributed by atoms with Crippen LogP contribution in [0.25, 0.3) is 6.08 Å². The number of benzene rings is 1. The van der Waals surface area contributed by atoms with Gasteiger partial charge in [0.25, 0.3) is 5.69 Å². The third-order valence-electron chi connectivity index (χ3n) is 2.10. The molecule has 0 fully saturated rings. The molecule has 0 aromatic heterocycles. The number of nitrogens with zero attached hydrogens (tertiary/aromatic N) is 1. The van der Waals surface area contributed by atoms with Gasteiger partial charge < -0.3 is 10.1 Å². The van der Waals surface area contributed by atoms with Crippen molar-refractivity contribution < 1.29 is 14.5 Å². The maximum absolute atomic E-state index is 10.9. The molecule has 0 aliphatic rings. The van der Waals surface area contributed by atoms with E-state index in [1.54, 1.807) is 19.2 Å². The molecule has 0 bridgehead atoms. The molecular weight excluding hydrogens is 224 g/mol. The summed E-state index contributed by atoms with van der Waals surface area (Å²) in [6.07, 6.45) is 2.66. The highest BCUT2D eigenvalue weighted by molar-refractivity contribution is 5.87. The van der Waals surface area contributed by atoms with E-state index in [9.17, 15) is 14.9 Å². The van der Waals surface area contributed by atoms with Crippen LogP contribution in [0.3, 0.4) is 0 Å². The molecule has 0 amide bonds. The molecule has 1 rings (SSSR count). The van der Waals surface area contributed by atoms with Gasteiger partial charge >= 0.3 is 5.97 Å². The van der Waals surface area contributed by atoms with Gasteiger partial charge in [0.2, 0.25) is 0 Å². The molecule has 6 heteroatoms.